The maximum atomic E-state index is 12.6. The average Bonchev–Trinajstić information content (AvgIpc) is 3.39. The molecule has 0 aromatic carbocycles. The van der Waals surface area contributed by atoms with Crippen LogP contribution in [0.25, 0.3) is 0 Å². The summed E-state index contributed by atoms with van der Waals surface area (Å²) in [5, 5.41) is 8.82. The molecule has 1 aliphatic rings. The first-order valence-electron chi connectivity index (χ1n) is 8.91. The number of carbonyl (C=O) groups excluding carboxylic acids is 1. The average molecular weight is 353 g/mol. The molecule has 0 radical (unpaired) electrons. The molecule has 0 aliphatic carbocycles. The van der Waals surface area contributed by atoms with Crippen LogP contribution < -0.4 is 0 Å². The number of aryl methyl sites for hydroxylation is 1. The van der Waals surface area contributed by atoms with Gasteiger partial charge in [-0.2, -0.15) is 0 Å². The minimum Gasteiger partial charge on any atom is -0.367 e. The highest BCUT2D eigenvalue weighted by atomic mass is 16.2. The van der Waals surface area contributed by atoms with Crippen LogP contribution in [0.5, 0.6) is 0 Å². The van der Waals surface area contributed by atoms with E-state index in [-0.39, 0.29) is 11.8 Å². The van der Waals surface area contributed by atoms with Crippen molar-refractivity contribution in [2.45, 2.75) is 32.2 Å². The third-order valence-corrected chi connectivity index (χ3v) is 5.15. The Hall–Kier alpha value is -2.90. The van der Waals surface area contributed by atoms with Gasteiger partial charge in [0, 0.05) is 50.8 Å². The second kappa shape index (κ2) is 6.78. The van der Waals surface area contributed by atoms with Gasteiger partial charge in [0.15, 0.2) is 5.82 Å². The van der Waals surface area contributed by atoms with E-state index in [0.717, 1.165) is 36.9 Å². The van der Waals surface area contributed by atoms with Gasteiger partial charge in [-0.3, -0.25) is 4.79 Å². The maximum Gasteiger partial charge on any atom is 0.255 e. The van der Waals surface area contributed by atoms with Crippen molar-refractivity contribution in [2.75, 3.05) is 13.1 Å². The van der Waals surface area contributed by atoms with Gasteiger partial charge in [0.2, 0.25) is 0 Å². The van der Waals surface area contributed by atoms with E-state index in [4.69, 9.17) is 0 Å². The summed E-state index contributed by atoms with van der Waals surface area (Å²) >= 11 is 0. The Kier molecular flexibility index (Phi) is 4.32. The Morgan fingerprint density at radius 2 is 2.27 bits per heavy atom. The second-order valence-corrected chi connectivity index (χ2v) is 6.83. The number of likely N-dealkylation sites (tertiary alicyclic amines) is 1. The molecular formula is C18H23N7O. The molecule has 26 heavy (non-hydrogen) atoms. The Balaban J connectivity index is 1.50. The molecule has 1 fully saturated rings. The Morgan fingerprint density at radius 1 is 1.38 bits per heavy atom. The number of carbonyl (C=O) groups is 1. The number of hydrogen-bond donors (Lipinski definition) is 1. The highest BCUT2D eigenvalue weighted by Gasteiger charge is 2.29. The lowest BCUT2D eigenvalue weighted by Gasteiger charge is -2.32. The van der Waals surface area contributed by atoms with Crippen molar-refractivity contribution in [3.05, 3.63) is 53.9 Å². The van der Waals surface area contributed by atoms with E-state index < -0.39 is 0 Å². The van der Waals surface area contributed by atoms with E-state index in [1.165, 1.54) is 0 Å². The van der Waals surface area contributed by atoms with Crippen LogP contribution >= 0.6 is 0 Å². The highest BCUT2D eigenvalue weighted by molar-refractivity contribution is 5.94. The summed E-state index contributed by atoms with van der Waals surface area (Å²) in [5.41, 5.74) is 0.708. The maximum absolute atomic E-state index is 12.6. The summed E-state index contributed by atoms with van der Waals surface area (Å²) in [6.45, 7) is 4.09. The quantitative estimate of drug-likeness (QED) is 0.774. The normalized spacial score (nSPS) is 17.6. The lowest BCUT2D eigenvalue weighted by atomic mass is 9.96. The van der Waals surface area contributed by atoms with E-state index in [9.17, 15) is 4.79 Å². The number of aromatic nitrogens is 6. The predicted molar refractivity (Wildman–Crippen MR) is 95.7 cm³/mol. The summed E-state index contributed by atoms with van der Waals surface area (Å²) in [6, 6.07) is 1.82. The molecule has 4 rings (SSSR count). The molecule has 1 amide bonds. The molecule has 0 spiro atoms. The Bertz CT molecular complexity index is 893. The molecule has 3 aromatic heterocycles. The molecule has 1 atom stereocenters. The monoisotopic (exact) mass is 353 g/mol. The molecule has 8 heteroatoms. The number of amides is 1. The summed E-state index contributed by atoms with van der Waals surface area (Å²) in [6.07, 6.45) is 9.26. The van der Waals surface area contributed by atoms with Crippen LogP contribution in [-0.2, 0) is 13.6 Å². The first-order valence-corrected chi connectivity index (χ1v) is 8.91. The minimum atomic E-state index is 0.0763. The topological polar surface area (TPSA) is 84.6 Å². The van der Waals surface area contributed by atoms with Gasteiger partial charge < -0.3 is 19.0 Å². The fraction of sp³-hybridized carbons (Fsp3) is 0.444. The van der Waals surface area contributed by atoms with E-state index in [1.807, 2.05) is 31.1 Å². The summed E-state index contributed by atoms with van der Waals surface area (Å²) in [4.78, 5) is 21.8. The highest BCUT2D eigenvalue weighted by Crippen LogP contribution is 2.27. The number of rotatable bonds is 4. The fourth-order valence-corrected chi connectivity index (χ4v) is 3.60. The van der Waals surface area contributed by atoms with Gasteiger partial charge in [0.05, 0.1) is 12.1 Å². The van der Waals surface area contributed by atoms with Crippen molar-refractivity contribution < 1.29 is 4.79 Å². The molecule has 136 valence electrons. The standard InChI is InChI=1S/C18H23N7O/c1-13-20-7-9-24(13)12-16-21-22-17(23(16)2)15-4-3-8-25(11-15)18(26)14-5-6-19-10-14/h5-7,9-10,15,19H,3-4,8,11-12H2,1-2H3/t15-/m1/s1. The number of imidazole rings is 1. The van der Waals surface area contributed by atoms with Crippen LogP contribution in [0.3, 0.4) is 0 Å². The van der Waals surface area contributed by atoms with Crippen LogP contribution in [0.1, 0.15) is 46.6 Å². The van der Waals surface area contributed by atoms with E-state index in [2.05, 4.69) is 29.3 Å². The zero-order valence-electron chi connectivity index (χ0n) is 15.1. The third kappa shape index (κ3) is 3.02. The smallest absolute Gasteiger partial charge is 0.255 e. The third-order valence-electron chi connectivity index (χ3n) is 5.15. The predicted octanol–water partition coefficient (Wildman–Crippen LogP) is 1.72. The number of nitrogens with one attached hydrogen (secondary N) is 1. The molecule has 3 aromatic rings. The molecular weight excluding hydrogens is 330 g/mol. The van der Waals surface area contributed by atoms with Gasteiger partial charge in [0.25, 0.3) is 5.91 Å². The summed E-state index contributed by atoms with van der Waals surface area (Å²) in [5.74, 6) is 3.09. The number of nitrogens with zero attached hydrogens (tertiary/aromatic N) is 6. The van der Waals surface area contributed by atoms with Gasteiger partial charge in [-0.1, -0.05) is 0 Å². The van der Waals surface area contributed by atoms with E-state index >= 15 is 0 Å². The van der Waals surface area contributed by atoms with Gasteiger partial charge in [-0.25, -0.2) is 4.98 Å². The number of hydrogen-bond acceptors (Lipinski definition) is 4. The lowest BCUT2D eigenvalue weighted by molar-refractivity contribution is 0.0703. The van der Waals surface area contributed by atoms with Gasteiger partial charge in [0.1, 0.15) is 11.6 Å². The minimum absolute atomic E-state index is 0.0763. The number of aromatic amines is 1. The van der Waals surface area contributed by atoms with E-state index in [1.54, 1.807) is 18.6 Å². The number of piperidine rings is 1. The van der Waals surface area contributed by atoms with Crippen molar-refractivity contribution in [3.63, 3.8) is 0 Å². The van der Waals surface area contributed by atoms with Crippen molar-refractivity contribution in [2.24, 2.45) is 7.05 Å². The van der Waals surface area contributed by atoms with Crippen LogP contribution in [0, 0.1) is 6.92 Å². The van der Waals surface area contributed by atoms with Crippen LogP contribution in [0.15, 0.2) is 30.9 Å². The SMILES string of the molecule is Cc1nccn1Cc1nnc([C@@H]2CCCN(C(=O)c3cc[nH]c3)C2)n1C. The zero-order valence-corrected chi connectivity index (χ0v) is 15.1. The Labute approximate surface area is 151 Å². The molecule has 8 nitrogen and oxygen atoms in total. The molecule has 4 heterocycles. The molecule has 0 unspecified atom stereocenters. The Morgan fingerprint density at radius 3 is 3.00 bits per heavy atom. The molecule has 1 saturated heterocycles. The van der Waals surface area contributed by atoms with Gasteiger partial charge >= 0.3 is 0 Å². The van der Waals surface area contributed by atoms with Crippen molar-refractivity contribution >= 4 is 5.91 Å². The van der Waals surface area contributed by atoms with Crippen molar-refractivity contribution in [1.82, 2.24) is 34.2 Å². The van der Waals surface area contributed by atoms with Gasteiger partial charge in [-0.05, 0) is 25.8 Å². The number of H-pyrrole nitrogens is 1. The summed E-state index contributed by atoms with van der Waals surface area (Å²) < 4.78 is 4.12. The van der Waals surface area contributed by atoms with Crippen molar-refractivity contribution in [3.8, 4) is 0 Å². The molecule has 0 saturated carbocycles. The first kappa shape index (κ1) is 16.6. The van der Waals surface area contributed by atoms with Crippen LogP contribution in [0.4, 0.5) is 0 Å². The molecule has 1 aliphatic heterocycles. The zero-order chi connectivity index (χ0) is 18.1. The largest absolute Gasteiger partial charge is 0.367 e. The molecule has 0 bridgehead atoms. The van der Waals surface area contributed by atoms with Crippen LogP contribution in [0.2, 0.25) is 0 Å². The first-order chi connectivity index (χ1) is 12.6. The van der Waals surface area contributed by atoms with Crippen molar-refractivity contribution in [1.29, 1.82) is 0 Å². The van der Waals surface area contributed by atoms with Gasteiger partial charge in [-0.15, -0.1) is 10.2 Å². The fourth-order valence-electron chi connectivity index (χ4n) is 3.60. The lowest BCUT2D eigenvalue weighted by Crippen LogP contribution is -2.39. The summed E-state index contributed by atoms with van der Waals surface area (Å²) in [7, 11) is 2.00. The second-order valence-electron chi connectivity index (χ2n) is 6.83. The molecule has 1 N–H and O–H groups in total. The van der Waals surface area contributed by atoms with Crippen LogP contribution in [-0.4, -0.2) is 53.2 Å². The van der Waals surface area contributed by atoms with E-state index in [0.29, 0.717) is 18.7 Å².